The summed E-state index contributed by atoms with van der Waals surface area (Å²) in [6.07, 6.45) is -0.145. The molecule has 1 heterocycles. The average molecular weight is 266 g/mol. The van der Waals surface area contributed by atoms with Crippen LogP contribution in [0.2, 0.25) is 0 Å². The molecule has 0 amide bonds. The third kappa shape index (κ3) is 3.06. The number of aliphatic hydroxyl groups excluding tert-OH is 1. The maximum absolute atomic E-state index is 10.6. The van der Waals surface area contributed by atoms with Crippen LogP contribution in [0.25, 0.3) is 11.3 Å². The largest absolute Gasteiger partial charge is 0.479 e. The van der Waals surface area contributed by atoms with Crippen LogP contribution in [-0.4, -0.2) is 21.2 Å². The molecule has 0 aliphatic heterocycles. The summed E-state index contributed by atoms with van der Waals surface area (Å²) in [5, 5.41) is 18.0. The van der Waals surface area contributed by atoms with Crippen molar-refractivity contribution in [1.29, 1.82) is 0 Å². The van der Waals surface area contributed by atoms with Gasteiger partial charge in [-0.2, -0.15) is 0 Å². The van der Waals surface area contributed by atoms with Crippen LogP contribution < -0.4 is 0 Å². The van der Waals surface area contributed by atoms with E-state index in [1.165, 1.54) is 6.20 Å². The van der Waals surface area contributed by atoms with Crippen molar-refractivity contribution in [2.75, 3.05) is 0 Å². The van der Waals surface area contributed by atoms with E-state index in [2.05, 4.69) is 4.98 Å². The first kappa shape index (κ1) is 14.2. The van der Waals surface area contributed by atoms with E-state index in [0.717, 1.165) is 11.3 Å². The number of halogens is 1. The molecular weight excluding hydrogens is 254 g/mol. The minimum absolute atomic E-state index is 0. The van der Waals surface area contributed by atoms with Gasteiger partial charge in [0.25, 0.3) is 0 Å². The van der Waals surface area contributed by atoms with Crippen molar-refractivity contribution in [3.63, 3.8) is 0 Å². The maximum Gasteiger partial charge on any atom is 0.337 e. The van der Waals surface area contributed by atoms with Gasteiger partial charge < -0.3 is 10.2 Å². The Morgan fingerprint density at radius 2 is 1.78 bits per heavy atom. The number of hydrogen-bond acceptors (Lipinski definition) is 3. The standard InChI is InChI=1S/C13H11NO3.ClH/c15-12(13(16)17)10-6-7-11(14-8-10)9-4-2-1-3-5-9;/h1-8,12,15H,(H,16,17);1H. The van der Waals surface area contributed by atoms with Crippen molar-refractivity contribution in [3.05, 3.63) is 54.2 Å². The summed E-state index contributed by atoms with van der Waals surface area (Å²) in [4.78, 5) is 14.7. The van der Waals surface area contributed by atoms with Crippen molar-refractivity contribution in [1.82, 2.24) is 4.98 Å². The molecule has 0 aliphatic carbocycles. The second-order valence-corrected chi connectivity index (χ2v) is 3.58. The molecule has 2 N–H and O–H groups in total. The van der Waals surface area contributed by atoms with Gasteiger partial charge in [0.05, 0.1) is 5.69 Å². The van der Waals surface area contributed by atoms with Crippen molar-refractivity contribution < 1.29 is 15.0 Å². The molecule has 0 saturated heterocycles. The first-order valence-electron chi connectivity index (χ1n) is 5.11. The number of carboxylic acid groups (broad SMARTS) is 1. The zero-order valence-corrected chi connectivity index (χ0v) is 10.2. The predicted octanol–water partition coefficient (Wildman–Crippen LogP) is 2.29. The van der Waals surface area contributed by atoms with Crippen LogP contribution in [0.5, 0.6) is 0 Å². The normalized spacial score (nSPS) is 11.4. The molecule has 5 heteroatoms. The minimum Gasteiger partial charge on any atom is -0.479 e. The molecule has 2 aromatic rings. The molecule has 1 atom stereocenters. The first-order chi connectivity index (χ1) is 8.18. The van der Waals surface area contributed by atoms with Gasteiger partial charge in [0, 0.05) is 17.3 Å². The summed E-state index contributed by atoms with van der Waals surface area (Å²) in [7, 11) is 0. The van der Waals surface area contributed by atoms with Crippen LogP contribution in [-0.2, 0) is 4.79 Å². The Kier molecular flexibility index (Phi) is 4.83. The lowest BCUT2D eigenvalue weighted by Gasteiger charge is -2.06. The van der Waals surface area contributed by atoms with Gasteiger partial charge in [-0.05, 0) is 6.07 Å². The zero-order valence-electron chi connectivity index (χ0n) is 9.35. The number of hydrogen-bond donors (Lipinski definition) is 2. The van der Waals surface area contributed by atoms with Gasteiger partial charge in [-0.3, -0.25) is 4.98 Å². The van der Waals surface area contributed by atoms with Crippen molar-refractivity contribution in [2.24, 2.45) is 0 Å². The second-order valence-electron chi connectivity index (χ2n) is 3.58. The number of aliphatic hydroxyl groups is 1. The number of benzene rings is 1. The van der Waals surface area contributed by atoms with E-state index in [1.807, 2.05) is 30.3 Å². The highest BCUT2D eigenvalue weighted by Gasteiger charge is 2.15. The van der Waals surface area contributed by atoms with Gasteiger partial charge in [-0.1, -0.05) is 36.4 Å². The summed E-state index contributed by atoms with van der Waals surface area (Å²) >= 11 is 0. The van der Waals surface area contributed by atoms with E-state index in [4.69, 9.17) is 5.11 Å². The van der Waals surface area contributed by atoms with Gasteiger partial charge in [0.1, 0.15) is 0 Å². The van der Waals surface area contributed by atoms with E-state index in [0.29, 0.717) is 0 Å². The van der Waals surface area contributed by atoms with Crippen molar-refractivity contribution >= 4 is 18.4 Å². The molecule has 0 saturated carbocycles. The lowest BCUT2D eigenvalue weighted by Crippen LogP contribution is -2.10. The number of carbonyl (C=O) groups is 1. The Morgan fingerprint density at radius 3 is 2.28 bits per heavy atom. The zero-order chi connectivity index (χ0) is 12.3. The smallest absolute Gasteiger partial charge is 0.337 e. The number of pyridine rings is 1. The molecule has 18 heavy (non-hydrogen) atoms. The molecule has 1 aromatic heterocycles. The quantitative estimate of drug-likeness (QED) is 0.893. The highest BCUT2D eigenvalue weighted by atomic mass is 35.5. The van der Waals surface area contributed by atoms with E-state index in [9.17, 15) is 9.90 Å². The van der Waals surface area contributed by atoms with Gasteiger partial charge in [-0.15, -0.1) is 12.4 Å². The lowest BCUT2D eigenvalue weighted by atomic mass is 10.1. The Morgan fingerprint density at radius 1 is 1.11 bits per heavy atom. The molecular formula is C13H12ClNO3. The van der Waals surface area contributed by atoms with Gasteiger partial charge in [0.2, 0.25) is 0 Å². The first-order valence-corrected chi connectivity index (χ1v) is 5.11. The highest BCUT2D eigenvalue weighted by molar-refractivity contribution is 5.85. The molecule has 2 rings (SSSR count). The van der Waals surface area contributed by atoms with Crippen molar-refractivity contribution in [3.8, 4) is 11.3 Å². The molecule has 94 valence electrons. The fourth-order valence-electron chi connectivity index (χ4n) is 1.49. The van der Waals surface area contributed by atoms with Crippen LogP contribution in [0.15, 0.2) is 48.7 Å². The van der Waals surface area contributed by atoms with Gasteiger partial charge in [-0.25, -0.2) is 4.79 Å². The molecule has 4 nitrogen and oxygen atoms in total. The van der Waals surface area contributed by atoms with Gasteiger partial charge in [0.15, 0.2) is 6.10 Å². The minimum atomic E-state index is -1.52. The fourth-order valence-corrected chi connectivity index (χ4v) is 1.49. The Hall–Kier alpha value is -1.91. The fraction of sp³-hybridized carbons (Fsp3) is 0.0769. The summed E-state index contributed by atoms with van der Waals surface area (Å²) in [5.41, 5.74) is 1.97. The van der Waals surface area contributed by atoms with Crippen LogP contribution in [0.1, 0.15) is 11.7 Å². The summed E-state index contributed by atoms with van der Waals surface area (Å²) in [5.74, 6) is -1.28. The Balaban J connectivity index is 0.00000162. The van der Waals surface area contributed by atoms with Crippen LogP contribution >= 0.6 is 12.4 Å². The van der Waals surface area contributed by atoms with E-state index in [1.54, 1.807) is 12.1 Å². The number of rotatable bonds is 3. The van der Waals surface area contributed by atoms with E-state index < -0.39 is 12.1 Å². The van der Waals surface area contributed by atoms with Gasteiger partial charge >= 0.3 is 5.97 Å². The predicted molar refractivity (Wildman–Crippen MR) is 69.5 cm³/mol. The third-order valence-electron chi connectivity index (χ3n) is 2.41. The monoisotopic (exact) mass is 265 g/mol. The Bertz CT molecular complexity index is 514. The topological polar surface area (TPSA) is 70.4 Å². The molecule has 0 aliphatic rings. The second kappa shape index (κ2) is 6.14. The lowest BCUT2D eigenvalue weighted by molar-refractivity contribution is -0.146. The number of aliphatic carboxylic acids is 1. The number of aromatic nitrogens is 1. The van der Waals surface area contributed by atoms with Crippen LogP contribution in [0, 0.1) is 0 Å². The third-order valence-corrected chi connectivity index (χ3v) is 2.41. The Labute approximate surface area is 110 Å². The maximum atomic E-state index is 10.6. The van der Waals surface area contributed by atoms with Crippen LogP contribution in [0.3, 0.4) is 0 Å². The molecule has 1 aromatic carbocycles. The van der Waals surface area contributed by atoms with E-state index in [-0.39, 0.29) is 18.0 Å². The van der Waals surface area contributed by atoms with E-state index >= 15 is 0 Å². The molecule has 0 radical (unpaired) electrons. The average Bonchev–Trinajstić information content (AvgIpc) is 2.39. The summed E-state index contributed by atoms with van der Waals surface area (Å²) in [6.45, 7) is 0. The summed E-state index contributed by atoms with van der Waals surface area (Å²) < 4.78 is 0. The van der Waals surface area contributed by atoms with Crippen LogP contribution in [0.4, 0.5) is 0 Å². The molecule has 0 fully saturated rings. The number of carboxylic acids is 1. The molecule has 0 spiro atoms. The summed E-state index contributed by atoms with van der Waals surface area (Å²) in [6, 6.07) is 12.8. The highest BCUT2D eigenvalue weighted by Crippen LogP contribution is 2.18. The molecule has 1 unspecified atom stereocenters. The SMILES string of the molecule is Cl.O=C(O)C(O)c1ccc(-c2ccccc2)nc1. The molecule has 0 bridgehead atoms. The number of nitrogens with zero attached hydrogens (tertiary/aromatic N) is 1. The van der Waals surface area contributed by atoms with Crippen molar-refractivity contribution in [2.45, 2.75) is 6.10 Å².